The highest BCUT2D eigenvalue weighted by molar-refractivity contribution is 7.26. The van der Waals surface area contributed by atoms with Crippen molar-refractivity contribution in [1.29, 1.82) is 0 Å². The zero-order valence-electron chi connectivity index (χ0n) is 23.6. The number of hydrogen-bond acceptors (Lipinski definition) is 3. The highest BCUT2D eigenvalue weighted by atomic mass is 32.1. The number of rotatable bonds is 3. The molecule has 200 valence electrons. The first-order chi connectivity index (χ1) is 19.8. The lowest BCUT2D eigenvalue weighted by molar-refractivity contribution is 0.00578. The molecular weight excluding hydrogens is 521 g/mol. The topological polar surface area (TPSA) is 23.4 Å². The van der Waals surface area contributed by atoms with E-state index in [-0.39, 0.29) is 18.3 Å². The van der Waals surface area contributed by atoms with Crippen molar-refractivity contribution < 1.29 is 9.31 Å². The maximum absolute atomic E-state index is 6.30. The van der Waals surface area contributed by atoms with Crippen LogP contribution in [0.4, 0.5) is 0 Å². The van der Waals surface area contributed by atoms with Gasteiger partial charge in [0.25, 0.3) is 0 Å². The first kappa shape index (κ1) is 24.9. The van der Waals surface area contributed by atoms with E-state index in [0.717, 1.165) is 11.2 Å². The van der Waals surface area contributed by atoms with Crippen molar-refractivity contribution in [3.8, 4) is 16.8 Å². The quantitative estimate of drug-likeness (QED) is 0.205. The summed E-state index contributed by atoms with van der Waals surface area (Å²) >= 11 is 1.88. The molecule has 1 aliphatic heterocycles. The number of nitrogens with zero attached hydrogens (tertiary/aromatic N) is 1. The van der Waals surface area contributed by atoms with E-state index in [1.54, 1.807) is 0 Å². The van der Waals surface area contributed by atoms with Crippen molar-refractivity contribution in [1.82, 2.24) is 4.57 Å². The largest absolute Gasteiger partial charge is 0.494 e. The Kier molecular flexibility index (Phi) is 5.34. The van der Waals surface area contributed by atoms with Crippen LogP contribution in [0, 0.1) is 0 Å². The van der Waals surface area contributed by atoms with Crippen LogP contribution in [0.3, 0.4) is 0 Å². The molecule has 0 bridgehead atoms. The Morgan fingerprint density at radius 1 is 0.610 bits per heavy atom. The average molecular weight is 552 g/mol. The SMILES string of the molecule is CC1(C)OB(c2ccc(-n3c4ccccc4c4cc(-c5cccc6c5sc5ccccc56)ccc43)cc2)OC1(C)C. The molecule has 0 atom stereocenters. The minimum absolute atomic E-state index is 0.360. The molecule has 0 saturated carbocycles. The van der Waals surface area contributed by atoms with Gasteiger partial charge in [0.1, 0.15) is 0 Å². The van der Waals surface area contributed by atoms with Crippen LogP contribution >= 0.6 is 11.3 Å². The molecule has 0 unspecified atom stereocenters. The van der Waals surface area contributed by atoms with Gasteiger partial charge in [-0.3, -0.25) is 0 Å². The molecule has 1 fully saturated rings. The van der Waals surface area contributed by atoms with E-state index < -0.39 is 0 Å². The third-order valence-corrected chi connectivity index (χ3v) is 10.3. The summed E-state index contributed by atoms with van der Waals surface area (Å²) in [6.45, 7) is 8.37. The molecule has 3 heterocycles. The third kappa shape index (κ3) is 3.73. The molecule has 0 amide bonds. The summed E-state index contributed by atoms with van der Waals surface area (Å²) in [5, 5.41) is 5.16. The number of fused-ring (bicyclic) bond motifs is 6. The van der Waals surface area contributed by atoms with E-state index in [4.69, 9.17) is 9.31 Å². The van der Waals surface area contributed by atoms with Gasteiger partial charge < -0.3 is 13.9 Å². The summed E-state index contributed by atoms with van der Waals surface area (Å²) in [5.74, 6) is 0. The van der Waals surface area contributed by atoms with E-state index in [0.29, 0.717) is 0 Å². The first-order valence-corrected chi connectivity index (χ1v) is 15.0. The zero-order chi connectivity index (χ0) is 27.9. The zero-order valence-corrected chi connectivity index (χ0v) is 24.5. The number of aromatic nitrogens is 1. The molecule has 0 N–H and O–H groups in total. The lowest BCUT2D eigenvalue weighted by Crippen LogP contribution is -2.41. The van der Waals surface area contributed by atoms with Crippen LogP contribution in [-0.2, 0) is 9.31 Å². The number of benzene rings is 5. The van der Waals surface area contributed by atoms with E-state index in [2.05, 4.69) is 141 Å². The van der Waals surface area contributed by atoms with Crippen LogP contribution in [0.25, 0.3) is 58.8 Å². The fourth-order valence-electron chi connectivity index (χ4n) is 6.15. The second-order valence-corrected chi connectivity index (χ2v) is 13.1. The van der Waals surface area contributed by atoms with Crippen molar-refractivity contribution in [2.75, 3.05) is 0 Å². The van der Waals surface area contributed by atoms with Crippen molar-refractivity contribution >= 4 is 65.9 Å². The lowest BCUT2D eigenvalue weighted by Gasteiger charge is -2.32. The second kappa shape index (κ2) is 8.80. The monoisotopic (exact) mass is 551 g/mol. The molecule has 0 radical (unpaired) electrons. The van der Waals surface area contributed by atoms with Crippen molar-refractivity contribution in [3.05, 3.63) is 109 Å². The minimum atomic E-state index is -0.369. The van der Waals surface area contributed by atoms with Gasteiger partial charge in [-0.05, 0) is 80.7 Å². The van der Waals surface area contributed by atoms with Crippen LogP contribution in [0.1, 0.15) is 27.7 Å². The first-order valence-electron chi connectivity index (χ1n) is 14.2. The van der Waals surface area contributed by atoms with E-state index in [9.17, 15) is 0 Å². The predicted molar refractivity (Wildman–Crippen MR) is 175 cm³/mol. The summed E-state index contributed by atoms with van der Waals surface area (Å²) in [7, 11) is -0.369. The highest BCUT2D eigenvalue weighted by Gasteiger charge is 2.51. The molecule has 7 aromatic rings. The van der Waals surface area contributed by atoms with E-state index in [1.165, 1.54) is 53.1 Å². The number of para-hydroxylation sites is 1. The van der Waals surface area contributed by atoms with Crippen LogP contribution < -0.4 is 5.46 Å². The molecule has 2 aromatic heterocycles. The molecule has 3 nitrogen and oxygen atoms in total. The van der Waals surface area contributed by atoms with Gasteiger partial charge in [-0.15, -0.1) is 11.3 Å². The molecule has 0 aliphatic carbocycles. The predicted octanol–water partition coefficient (Wildman–Crippen LogP) is 9.12. The molecule has 5 heteroatoms. The Hall–Kier alpha value is -3.90. The Labute approximate surface area is 244 Å². The van der Waals surface area contributed by atoms with E-state index >= 15 is 0 Å². The maximum atomic E-state index is 6.30. The number of thiophene rings is 1. The molecule has 8 rings (SSSR count). The van der Waals surface area contributed by atoms with Gasteiger partial charge in [-0.2, -0.15) is 0 Å². The summed E-state index contributed by atoms with van der Waals surface area (Å²) < 4.78 is 17.6. The fourth-order valence-corrected chi connectivity index (χ4v) is 7.39. The fraction of sp³-hybridized carbons (Fsp3) is 0.167. The second-order valence-electron chi connectivity index (χ2n) is 12.0. The number of hydrogen-bond donors (Lipinski definition) is 0. The van der Waals surface area contributed by atoms with Gasteiger partial charge >= 0.3 is 7.12 Å². The van der Waals surface area contributed by atoms with Crippen LogP contribution in [0.5, 0.6) is 0 Å². The third-order valence-electron chi connectivity index (χ3n) is 9.06. The van der Waals surface area contributed by atoms with Gasteiger partial charge in [0.2, 0.25) is 0 Å². The molecule has 41 heavy (non-hydrogen) atoms. The highest BCUT2D eigenvalue weighted by Crippen LogP contribution is 2.42. The normalized spacial score (nSPS) is 16.4. The van der Waals surface area contributed by atoms with Gasteiger partial charge in [0.15, 0.2) is 0 Å². The molecule has 0 spiro atoms. The van der Waals surface area contributed by atoms with E-state index in [1.807, 2.05) is 11.3 Å². The Morgan fingerprint density at radius 3 is 2.05 bits per heavy atom. The van der Waals surface area contributed by atoms with Crippen molar-refractivity contribution in [2.45, 2.75) is 38.9 Å². The van der Waals surface area contributed by atoms with Gasteiger partial charge in [-0.25, -0.2) is 0 Å². The Morgan fingerprint density at radius 2 is 1.27 bits per heavy atom. The maximum Gasteiger partial charge on any atom is 0.494 e. The van der Waals surface area contributed by atoms with Gasteiger partial charge in [0.05, 0.1) is 22.2 Å². The van der Waals surface area contributed by atoms with Gasteiger partial charge in [-0.1, -0.05) is 72.8 Å². The van der Waals surface area contributed by atoms with Crippen molar-refractivity contribution in [2.24, 2.45) is 0 Å². The molecule has 1 saturated heterocycles. The summed E-state index contributed by atoms with van der Waals surface area (Å²) in [4.78, 5) is 0. The molecule has 1 aliphatic rings. The summed E-state index contributed by atoms with van der Waals surface area (Å²) in [6, 6.07) is 39.6. The summed E-state index contributed by atoms with van der Waals surface area (Å²) in [6.07, 6.45) is 0. The molecular formula is C36H30BNO2S. The van der Waals surface area contributed by atoms with Crippen LogP contribution in [-0.4, -0.2) is 22.9 Å². The smallest absolute Gasteiger partial charge is 0.399 e. The van der Waals surface area contributed by atoms with Crippen molar-refractivity contribution in [3.63, 3.8) is 0 Å². The van der Waals surface area contributed by atoms with Crippen LogP contribution in [0.2, 0.25) is 0 Å². The Bertz CT molecular complexity index is 2100. The minimum Gasteiger partial charge on any atom is -0.399 e. The lowest BCUT2D eigenvalue weighted by atomic mass is 9.79. The van der Waals surface area contributed by atoms with Gasteiger partial charge in [0, 0.05) is 36.6 Å². The Balaban J connectivity index is 1.25. The average Bonchev–Trinajstić information content (AvgIpc) is 3.59. The standard InChI is InChI=1S/C36H30BNO2S/c1-35(2)36(3,4)40-37(39-35)24-17-19-25(20-18-24)38-31-14-7-5-10-27(31)30-22-23(16-21-32(30)38)26-12-9-13-29-28-11-6-8-15-33(28)41-34(26)29/h5-22H,1-4H3. The summed E-state index contributed by atoms with van der Waals surface area (Å²) in [5.41, 5.74) is 6.36. The molecule has 5 aromatic carbocycles. The van der Waals surface area contributed by atoms with Crippen LogP contribution in [0.15, 0.2) is 109 Å².